The van der Waals surface area contributed by atoms with Gasteiger partial charge >= 0.3 is 17.9 Å². The second-order valence-electron chi connectivity index (χ2n) is 8.80. The molecule has 11 heteroatoms. The highest BCUT2D eigenvalue weighted by Crippen LogP contribution is 2.31. The molecule has 0 bridgehead atoms. The normalized spacial score (nSPS) is 26.3. The lowest BCUT2D eigenvalue weighted by atomic mass is 9.82. The predicted molar refractivity (Wildman–Crippen MR) is 136 cm³/mol. The molecular weight excluding hydrogens is 503 g/mol. The number of ether oxygens (including phenoxy) is 4. The number of rotatable bonds is 6. The fraction of sp³-hybridized carbons (Fsp3) is 0.667. The highest BCUT2D eigenvalue weighted by Gasteiger charge is 2.36. The van der Waals surface area contributed by atoms with E-state index in [2.05, 4.69) is 14.2 Å². The van der Waals surface area contributed by atoms with Crippen molar-refractivity contribution >= 4 is 17.9 Å². The van der Waals surface area contributed by atoms with Gasteiger partial charge in [0.2, 0.25) is 0 Å². The van der Waals surface area contributed by atoms with Crippen molar-refractivity contribution in [2.45, 2.75) is 63.4 Å². The maximum absolute atomic E-state index is 11.1. The topological polar surface area (TPSA) is 149 Å². The second-order valence-corrected chi connectivity index (χ2v) is 8.80. The summed E-state index contributed by atoms with van der Waals surface area (Å²) in [6.07, 6.45) is 3.56. The second kappa shape index (κ2) is 20.4. The Kier molecular flexibility index (Phi) is 17.9. The van der Waals surface area contributed by atoms with Crippen LogP contribution in [0.3, 0.4) is 0 Å². The minimum Gasteiger partial charge on any atom is -0.469 e. The minimum absolute atomic E-state index is 0.0370. The van der Waals surface area contributed by atoms with Crippen LogP contribution in [-0.2, 0) is 39.9 Å². The lowest BCUT2D eigenvalue weighted by molar-refractivity contribution is -0.155. The number of hydrogen-bond acceptors (Lipinski definition) is 10. The Bertz CT molecular complexity index is 765. The van der Waals surface area contributed by atoms with Crippen molar-refractivity contribution in [2.24, 2.45) is 17.8 Å². The van der Waals surface area contributed by atoms with Crippen LogP contribution < -0.4 is 0 Å². The summed E-state index contributed by atoms with van der Waals surface area (Å²) in [5.41, 5.74) is 1.17. The van der Waals surface area contributed by atoms with Gasteiger partial charge in [-0.2, -0.15) is 0 Å². The quantitative estimate of drug-likeness (QED) is 0.357. The molecule has 0 aliphatic heterocycles. The maximum Gasteiger partial charge on any atom is 0.308 e. The molecule has 0 unspecified atom stereocenters. The van der Waals surface area contributed by atoms with Gasteiger partial charge in [0.05, 0.1) is 72.5 Å². The zero-order valence-electron chi connectivity index (χ0n) is 23.6. The Hall–Kier alpha value is -2.60. The number of aliphatic hydroxyl groups excluding tert-OH is 3. The van der Waals surface area contributed by atoms with Crippen LogP contribution in [0.4, 0.5) is 4.39 Å². The van der Waals surface area contributed by atoms with Gasteiger partial charge in [-0.25, -0.2) is 0 Å². The number of alkyl halides is 1. The smallest absolute Gasteiger partial charge is 0.308 e. The number of hydrogen-bond donors (Lipinski definition) is 3. The Morgan fingerprint density at radius 1 is 0.789 bits per heavy atom. The van der Waals surface area contributed by atoms with Crippen molar-refractivity contribution < 1.29 is 54.4 Å². The molecule has 38 heavy (non-hydrogen) atoms. The van der Waals surface area contributed by atoms with Crippen molar-refractivity contribution in [2.75, 3.05) is 35.6 Å². The van der Waals surface area contributed by atoms with Crippen LogP contribution in [-0.4, -0.2) is 87.1 Å². The average Bonchev–Trinajstić information content (AvgIpc) is 2.90. The van der Waals surface area contributed by atoms with Crippen LogP contribution in [0.5, 0.6) is 0 Å². The number of benzene rings is 1. The summed E-state index contributed by atoms with van der Waals surface area (Å²) in [6.45, 7) is 0.624. The molecule has 0 saturated heterocycles. The van der Waals surface area contributed by atoms with Crippen molar-refractivity contribution in [3.05, 3.63) is 35.9 Å². The Morgan fingerprint density at radius 2 is 1.13 bits per heavy atom. The van der Waals surface area contributed by atoms with Crippen molar-refractivity contribution in [1.29, 1.82) is 0 Å². The summed E-state index contributed by atoms with van der Waals surface area (Å²) in [4.78, 5) is 32.3. The summed E-state index contributed by atoms with van der Waals surface area (Å²) in [5, 5.41) is 24.5. The molecule has 1 aromatic carbocycles. The molecule has 3 aliphatic rings. The number of carbonyl (C=O) groups excluding carboxylic acids is 3. The molecule has 3 fully saturated rings. The third-order valence-electron chi connectivity index (χ3n) is 6.25. The lowest BCUT2D eigenvalue weighted by Crippen LogP contribution is -2.36. The monoisotopic (exact) mass is 547 g/mol. The van der Waals surface area contributed by atoms with E-state index >= 15 is 0 Å². The summed E-state index contributed by atoms with van der Waals surface area (Å²) >= 11 is 0. The molecule has 3 saturated carbocycles. The van der Waals surface area contributed by atoms with E-state index in [1.807, 2.05) is 30.3 Å². The van der Waals surface area contributed by atoms with Gasteiger partial charge in [0, 0.05) is 7.11 Å². The molecule has 218 valence electrons. The van der Waals surface area contributed by atoms with E-state index in [-0.39, 0.29) is 54.0 Å². The Labute approximate surface area is 225 Å². The van der Waals surface area contributed by atoms with Gasteiger partial charge in [0.15, 0.2) is 0 Å². The summed E-state index contributed by atoms with van der Waals surface area (Å²) in [7, 11) is 4.17. The Morgan fingerprint density at radius 3 is 1.45 bits per heavy atom. The lowest BCUT2D eigenvalue weighted by Gasteiger charge is -2.32. The molecule has 0 atom stereocenters. The van der Waals surface area contributed by atoms with E-state index < -0.39 is 7.15 Å². The van der Waals surface area contributed by atoms with Gasteiger partial charge in [0.1, 0.15) is 0 Å². The van der Waals surface area contributed by atoms with Crippen molar-refractivity contribution in [3.63, 3.8) is 0 Å². The molecule has 1 aromatic rings. The fourth-order valence-electron chi connectivity index (χ4n) is 3.74. The molecule has 0 radical (unpaired) electrons. The largest absolute Gasteiger partial charge is 0.469 e. The highest BCUT2D eigenvalue weighted by atomic mass is 19.1. The van der Waals surface area contributed by atoms with E-state index in [4.69, 9.17) is 21.4 Å². The highest BCUT2D eigenvalue weighted by molar-refractivity contribution is 5.74. The number of halogens is 1. The molecule has 3 aliphatic carbocycles. The van der Waals surface area contributed by atoms with Crippen molar-refractivity contribution in [1.82, 2.24) is 0 Å². The van der Waals surface area contributed by atoms with E-state index in [0.29, 0.717) is 32.3 Å². The number of carbonyl (C=O) groups is 3. The maximum atomic E-state index is 11.1. The molecule has 0 amide bonds. The van der Waals surface area contributed by atoms with Gasteiger partial charge in [-0.1, -0.05) is 30.3 Å². The van der Waals surface area contributed by atoms with Crippen LogP contribution in [0, 0.1) is 17.8 Å². The molecule has 0 aromatic heterocycles. The number of aliphatic hydroxyl groups is 3. The standard InChI is InChI=1S/C13H16O3.2C6H10O3.CH3F.CH4O/c1-15-13(14)11-7-12(8-11)16-9-10-5-3-2-4-6-10;2*1-9-6(8)4-2-5(7)3-4;2*1-2/h2-6,11-12H,7-9H2,1H3;2*4-5,7H,2-3H2,1H3;1H3;2H,1H3/i;;;1D;. The number of methoxy groups -OCH3 is 3. The number of esters is 3. The van der Waals surface area contributed by atoms with E-state index in [9.17, 15) is 18.8 Å². The van der Waals surface area contributed by atoms with Crippen LogP contribution in [0.15, 0.2) is 30.3 Å². The third kappa shape index (κ3) is 12.8. The molecule has 3 N–H and O–H groups in total. The van der Waals surface area contributed by atoms with E-state index in [1.54, 1.807) is 0 Å². The first-order chi connectivity index (χ1) is 18.7. The van der Waals surface area contributed by atoms with E-state index in [1.165, 1.54) is 26.9 Å². The van der Waals surface area contributed by atoms with Crippen LogP contribution >= 0.6 is 0 Å². The van der Waals surface area contributed by atoms with Crippen LogP contribution in [0.25, 0.3) is 0 Å². The van der Waals surface area contributed by atoms with Gasteiger partial charge in [-0.15, -0.1) is 0 Å². The van der Waals surface area contributed by atoms with Crippen LogP contribution in [0.1, 0.15) is 45.5 Å². The molecular formula is C27H43FO10. The fourth-order valence-corrected chi connectivity index (χ4v) is 3.74. The molecule has 4 rings (SSSR count). The first-order valence-corrected chi connectivity index (χ1v) is 12.2. The average molecular weight is 548 g/mol. The van der Waals surface area contributed by atoms with E-state index in [0.717, 1.165) is 20.0 Å². The van der Waals surface area contributed by atoms with Gasteiger partial charge in [-0.05, 0) is 44.1 Å². The zero-order chi connectivity index (χ0) is 29.8. The SMILES string of the molecule is CO.COC(=O)C1CC(O)C1.COC(=O)C1CC(O)C1.COC(=O)C1CC(OCc2ccccc2)C1.[2H]CF. The Balaban J connectivity index is 0.000000540. The summed E-state index contributed by atoms with van der Waals surface area (Å²) in [5.74, 6) is -0.527. The van der Waals surface area contributed by atoms with Gasteiger partial charge in [-0.3, -0.25) is 18.8 Å². The predicted octanol–water partition coefficient (Wildman–Crippen LogP) is 2.21. The van der Waals surface area contributed by atoms with Crippen molar-refractivity contribution in [3.8, 4) is 0 Å². The molecule has 0 spiro atoms. The first-order valence-electron chi connectivity index (χ1n) is 12.9. The minimum atomic E-state index is -1.00. The molecule has 0 heterocycles. The summed E-state index contributed by atoms with van der Waals surface area (Å²) in [6, 6.07) is 10.1. The zero-order valence-corrected chi connectivity index (χ0v) is 22.6. The third-order valence-corrected chi connectivity index (χ3v) is 6.25. The first kappa shape index (κ1) is 33.4. The van der Waals surface area contributed by atoms with Gasteiger partial charge in [0.25, 0.3) is 0 Å². The molecule has 10 nitrogen and oxygen atoms in total. The summed E-state index contributed by atoms with van der Waals surface area (Å²) < 4.78 is 34.8. The van der Waals surface area contributed by atoms with Crippen LogP contribution in [0.2, 0.25) is 0 Å². The van der Waals surface area contributed by atoms with Gasteiger partial charge < -0.3 is 34.3 Å².